The van der Waals surface area contributed by atoms with Crippen LogP contribution in [-0.2, 0) is 4.74 Å². The summed E-state index contributed by atoms with van der Waals surface area (Å²) in [5.74, 6) is -3.77. The van der Waals surface area contributed by atoms with Crippen LogP contribution in [-0.4, -0.2) is 19.3 Å². The van der Waals surface area contributed by atoms with Crippen molar-refractivity contribution in [2.75, 3.05) is 13.2 Å². The summed E-state index contributed by atoms with van der Waals surface area (Å²) < 4.78 is 45.5. The van der Waals surface area contributed by atoms with Crippen LogP contribution in [0.25, 0.3) is 0 Å². The van der Waals surface area contributed by atoms with Crippen LogP contribution in [0.3, 0.4) is 0 Å². The van der Waals surface area contributed by atoms with Crippen molar-refractivity contribution in [2.24, 2.45) is 0 Å². The number of hydrogen-bond donors (Lipinski definition) is 1. The van der Waals surface area contributed by atoms with E-state index in [9.17, 15) is 13.2 Å². The first-order chi connectivity index (χ1) is 9.02. The lowest BCUT2D eigenvalue weighted by Crippen LogP contribution is -2.33. The van der Waals surface area contributed by atoms with Crippen molar-refractivity contribution >= 4 is 0 Å². The molecule has 0 bridgehead atoms. The van der Waals surface area contributed by atoms with E-state index in [2.05, 4.69) is 5.32 Å². The largest absolute Gasteiger partial charge is 0.377 e. The zero-order chi connectivity index (χ0) is 14.4. The van der Waals surface area contributed by atoms with Gasteiger partial charge in [-0.2, -0.15) is 0 Å². The Bertz CT molecular complexity index is 412. The number of halogens is 3. The summed E-state index contributed by atoms with van der Waals surface area (Å²) in [7, 11) is 0. The number of rotatable bonds is 7. The van der Waals surface area contributed by atoms with Gasteiger partial charge in [-0.05, 0) is 32.9 Å². The molecule has 1 aromatic carbocycles. The highest BCUT2D eigenvalue weighted by atomic mass is 19.2. The third-order valence-electron chi connectivity index (χ3n) is 2.91. The third kappa shape index (κ3) is 3.94. The minimum absolute atomic E-state index is 0.0910. The van der Waals surface area contributed by atoms with Crippen molar-refractivity contribution in [3.63, 3.8) is 0 Å². The highest BCUT2D eigenvalue weighted by Gasteiger charge is 2.25. The molecule has 0 aromatic heterocycles. The predicted molar refractivity (Wildman–Crippen MR) is 68.4 cm³/mol. The van der Waals surface area contributed by atoms with Crippen LogP contribution in [0.1, 0.15) is 38.8 Å². The van der Waals surface area contributed by atoms with Crippen LogP contribution < -0.4 is 5.32 Å². The minimum Gasteiger partial charge on any atom is -0.377 e. The van der Waals surface area contributed by atoms with Crippen molar-refractivity contribution in [1.29, 1.82) is 0 Å². The maximum absolute atomic E-state index is 13.8. The summed E-state index contributed by atoms with van der Waals surface area (Å²) in [4.78, 5) is 0. The second kappa shape index (κ2) is 7.50. The lowest BCUT2D eigenvalue weighted by atomic mass is 10.0. The van der Waals surface area contributed by atoms with Gasteiger partial charge in [-0.25, -0.2) is 13.2 Å². The Morgan fingerprint density at radius 3 is 2.42 bits per heavy atom. The molecule has 0 aliphatic rings. The average molecular weight is 275 g/mol. The van der Waals surface area contributed by atoms with Gasteiger partial charge in [0, 0.05) is 12.2 Å². The fraction of sp³-hybridized carbons (Fsp3) is 0.571. The van der Waals surface area contributed by atoms with Gasteiger partial charge in [-0.15, -0.1) is 0 Å². The number of nitrogens with one attached hydrogen (secondary N) is 1. The lowest BCUT2D eigenvalue weighted by molar-refractivity contribution is 0.0460. The van der Waals surface area contributed by atoms with Gasteiger partial charge in [0.1, 0.15) is 0 Å². The maximum atomic E-state index is 13.8. The van der Waals surface area contributed by atoms with Gasteiger partial charge in [0.05, 0.1) is 12.1 Å². The Balaban J connectivity index is 3.06. The number of benzene rings is 1. The molecule has 0 fully saturated rings. The molecule has 108 valence electrons. The Kier molecular flexibility index (Phi) is 6.31. The Morgan fingerprint density at radius 1 is 1.16 bits per heavy atom. The first-order valence-electron chi connectivity index (χ1n) is 6.51. The summed E-state index contributed by atoms with van der Waals surface area (Å²) in [6, 6.07) is 1.69. The predicted octanol–water partition coefficient (Wildman–Crippen LogP) is 3.57. The molecule has 0 radical (unpaired) electrons. The molecule has 0 aliphatic carbocycles. The summed E-state index contributed by atoms with van der Waals surface area (Å²) in [6.45, 7) is 6.68. The Labute approximate surface area is 112 Å². The lowest BCUT2D eigenvalue weighted by Gasteiger charge is -2.26. The molecule has 1 aromatic rings. The smallest absolute Gasteiger partial charge is 0.194 e. The molecule has 19 heavy (non-hydrogen) atoms. The molecule has 2 unspecified atom stereocenters. The van der Waals surface area contributed by atoms with Crippen LogP contribution in [0.5, 0.6) is 0 Å². The molecule has 0 saturated heterocycles. The van der Waals surface area contributed by atoms with E-state index in [4.69, 9.17) is 4.74 Å². The summed E-state index contributed by atoms with van der Waals surface area (Å²) in [6.07, 6.45) is 0.511. The van der Waals surface area contributed by atoms with E-state index in [-0.39, 0.29) is 11.7 Å². The molecular weight excluding hydrogens is 255 g/mol. The van der Waals surface area contributed by atoms with E-state index >= 15 is 0 Å². The molecule has 2 atom stereocenters. The highest BCUT2D eigenvalue weighted by Crippen LogP contribution is 2.25. The van der Waals surface area contributed by atoms with E-state index in [1.165, 1.54) is 6.07 Å². The average Bonchev–Trinajstić information content (AvgIpc) is 2.39. The molecule has 1 N–H and O–H groups in total. The standard InChI is InChI=1S/C14H20F3NO/c1-4-8-18-14(9(3)19-5-2)10-6-7-11(15)13(17)12(10)16/h6-7,9,14,18H,4-5,8H2,1-3H3. The molecule has 1 rings (SSSR count). The number of hydrogen-bond acceptors (Lipinski definition) is 2. The van der Waals surface area contributed by atoms with E-state index in [0.717, 1.165) is 12.5 Å². The van der Waals surface area contributed by atoms with Gasteiger partial charge in [0.25, 0.3) is 0 Å². The molecule has 0 aliphatic heterocycles. The fourth-order valence-corrected chi connectivity index (χ4v) is 1.97. The normalized spacial score (nSPS) is 14.4. The minimum atomic E-state index is -1.44. The summed E-state index contributed by atoms with van der Waals surface area (Å²) in [5.41, 5.74) is 0.0910. The van der Waals surface area contributed by atoms with Crippen molar-refractivity contribution in [3.8, 4) is 0 Å². The molecule has 0 spiro atoms. The molecular formula is C14H20F3NO. The molecule has 0 saturated carbocycles. The van der Waals surface area contributed by atoms with E-state index < -0.39 is 23.5 Å². The van der Waals surface area contributed by atoms with E-state index in [0.29, 0.717) is 13.2 Å². The fourth-order valence-electron chi connectivity index (χ4n) is 1.97. The number of ether oxygens (including phenoxy) is 1. The first kappa shape index (κ1) is 16.0. The summed E-state index contributed by atoms with van der Waals surface area (Å²) >= 11 is 0. The second-order valence-corrected chi connectivity index (χ2v) is 4.36. The second-order valence-electron chi connectivity index (χ2n) is 4.36. The van der Waals surface area contributed by atoms with Gasteiger partial charge >= 0.3 is 0 Å². The molecule has 0 heterocycles. The van der Waals surface area contributed by atoms with Crippen molar-refractivity contribution < 1.29 is 17.9 Å². The Morgan fingerprint density at radius 2 is 1.84 bits per heavy atom. The van der Waals surface area contributed by atoms with Crippen molar-refractivity contribution in [1.82, 2.24) is 5.32 Å². The molecule has 5 heteroatoms. The van der Waals surface area contributed by atoms with Crippen LogP contribution in [0.4, 0.5) is 13.2 Å². The topological polar surface area (TPSA) is 21.3 Å². The zero-order valence-electron chi connectivity index (χ0n) is 11.5. The van der Waals surface area contributed by atoms with Gasteiger partial charge in [0.15, 0.2) is 17.5 Å². The van der Waals surface area contributed by atoms with E-state index in [1.54, 1.807) is 6.92 Å². The van der Waals surface area contributed by atoms with Gasteiger partial charge < -0.3 is 10.1 Å². The van der Waals surface area contributed by atoms with Crippen LogP contribution in [0, 0.1) is 17.5 Å². The zero-order valence-corrected chi connectivity index (χ0v) is 11.5. The first-order valence-corrected chi connectivity index (χ1v) is 6.51. The van der Waals surface area contributed by atoms with Crippen molar-refractivity contribution in [3.05, 3.63) is 35.1 Å². The SMILES string of the molecule is CCCNC(c1ccc(F)c(F)c1F)C(C)OCC. The maximum Gasteiger partial charge on any atom is 0.194 e. The quantitative estimate of drug-likeness (QED) is 0.768. The van der Waals surface area contributed by atoms with E-state index in [1.807, 2.05) is 13.8 Å². The van der Waals surface area contributed by atoms with Crippen molar-refractivity contribution in [2.45, 2.75) is 39.3 Å². The van der Waals surface area contributed by atoms with Gasteiger partial charge in [0.2, 0.25) is 0 Å². The molecule has 0 amide bonds. The Hall–Kier alpha value is -1.07. The van der Waals surface area contributed by atoms with Crippen LogP contribution >= 0.6 is 0 Å². The van der Waals surface area contributed by atoms with Crippen LogP contribution in [0.15, 0.2) is 12.1 Å². The third-order valence-corrected chi connectivity index (χ3v) is 2.91. The monoisotopic (exact) mass is 275 g/mol. The summed E-state index contributed by atoms with van der Waals surface area (Å²) in [5, 5.41) is 3.10. The van der Waals surface area contributed by atoms with Crippen LogP contribution in [0.2, 0.25) is 0 Å². The molecule has 2 nitrogen and oxygen atoms in total. The highest BCUT2D eigenvalue weighted by molar-refractivity contribution is 5.24. The van der Waals surface area contributed by atoms with Gasteiger partial charge in [-0.3, -0.25) is 0 Å². The van der Waals surface area contributed by atoms with Gasteiger partial charge in [-0.1, -0.05) is 13.0 Å².